The summed E-state index contributed by atoms with van der Waals surface area (Å²) >= 11 is 0. The molecule has 0 aromatic carbocycles. The lowest BCUT2D eigenvalue weighted by Crippen LogP contribution is -2.25. The Morgan fingerprint density at radius 1 is 1.42 bits per heavy atom. The van der Waals surface area contributed by atoms with Crippen LogP contribution >= 0.6 is 0 Å². The number of hydrogen-bond donors (Lipinski definition) is 1. The molecule has 1 atom stereocenters. The molecule has 0 amide bonds. The topological polar surface area (TPSA) is 42.3 Å². The van der Waals surface area contributed by atoms with Gasteiger partial charge >= 0.3 is 0 Å². The molecule has 1 unspecified atom stereocenters. The highest BCUT2D eigenvalue weighted by Crippen LogP contribution is 2.13. The maximum Gasteiger partial charge on any atom is 0.203 e. The lowest BCUT2D eigenvalue weighted by molar-refractivity contribution is 0.163. The van der Waals surface area contributed by atoms with Gasteiger partial charge in [0.25, 0.3) is 0 Å². The van der Waals surface area contributed by atoms with Crippen molar-refractivity contribution in [2.24, 2.45) is 0 Å². The monoisotopic (exact) mass is 268 g/mol. The molecule has 0 aliphatic heterocycles. The number of rotatable bonds is 10. The molecule has 5 heteroatoms. The van der Waals surface area contributed by atoms with Gasteiger partial charge in [-0.3, -0.25) is 0 Å². The van der Waals surface area contributed by atoms with E-state index in [2.05, 4.69) is 40.5 Å². The van der Waals surface area contributed by atoms with Crippen LogP contribution in [0.15, 0.2) is 12.4 Å². The molecular weight excluding hydrogens is 240 g/mol. The number of methoxy groups -OCH3 is 1. The molecule has 0 saturated carbocycles. The quantitative estimate of drug-likeness (QED) is 0.661. The molecule has 19 heavy (non-hydrogen) atoms. The number of aromatic nitrogens is 2. The van der Waals surface area contributed by atoms with E-state index in [1.54, 1.807) is 7.11 Å². The van der Waals surface area contributed by atoms with Gasteiger partial charge in [0.2, 0.25) is 5.95 Å². The molecule has 0 aliphatic carbocycles. The van der Waals surface area contributed by atoms with E-state index in [1.807, 2.05) is 12.4 Å². The first-order chi connectivity index (χ1) is 9.22. The van der Waals surface area contributed by atoms with E-state index in [4.69, 9.17) is 4.74 Å². The van der Waals surface area contributed by atoms with E-state index in [0.29, 0.717) is 12.6 Å². The highest BCUT2D eigenvalue weighted by molar-refractivity contribution is 5.26. The van der Waals surface area contributed by atoms with Crippen LogP contribution in [0.3, 0.4) is 0 Å². The number of hydrogen-bond acceptors (Lipinski definition) is 4. The summed E-state index contributed by atoms with van der Waals surface area (Å²) in [5.41, 5.74) is 0. The fourth-order valence-corrected chi connectivity index (χ4v) is 2.17. The summed E-state index contributed by atoms with van der Waals surface area (Å²) in [6.07, 6.45) is 4.96. The minimum atomic E-state index is 0.304. The van der Waals surface area contributed by atoms with Gasteiger partial charge in [0.15, 0.2) is 0 Å². The second-order valence-electron chi connectivity index (χ2n) is 4.77. The van der Waals surface area contributed by atoms with Crippen LogP contribution in [-0.2, 0) is 4.74 Å². The smallest absolute Gasteiger partial charge is 0.203 e. The van der Waals surface area contributed by atoms with Crippen molar-refractivity contribution in [3.63, 3.8) is 0 Å². The lowest BCUT2D eigenvalue weighted by Gasteiger charge is -2.19. The van der Waals surface area contributed by atoms with Crippen molar-refractivity contribution in [2.75, 3.05) is 45.2 Å². The third-order valence-corrected chi connectivity index (χ3v) is 3.38. The second kappa shape index (κ2) is 8.93. The summed E-state index contributed by atoms with van der Waals surface area (Å²) in [6.45, 7) is 11.6. The van der Waals surface area contributed by atoms with Crippen LogP contribution in [0.25, 0.3) is 0 Å². The zero-order chi connectivity index (χ0) is 14.1. The Balaban J connectivity index is 2.35. The Morgan fingerprint density at radius 3 is 2.79 bits per heavy atom. The van der Waals surface area contributed by atoms with Crippen LogP contribution in [0.5, 0.6) is 0 Å². The Bertz CT molecular complexity index is 336. The average Bonchev–Trinajstić information content (AvgIpc) is 2.88. The highest BCUT2D eigenvalue weighted by atomic mass is 16.5. The second-order valence-corrected chi connectivity index (χ2v) is 4.77. The van der Waals surface area contributed by atoms with Crippen LogP contribution in [-0.4, -0.2) is 54.3 Å². The molecule has 0 saturated heterocycles. The maximum atomic E-state index is 5.19. The van der Waals surface area contributed by atoms with E-state index < -0.39 is 0 Å². The third-order valence-electron chi connectivity index (χ3n) is 3.38. The molecule has 1 rings (SSSR count). The highest BCUT2D eigenvalue weighted by Gasteiger charge is 2.09. The van der Waals surface area contributed by atoms with Crippen molar-refractivity contribution in [3.8, 4) is 0 Å². The number of ether oxygens (including phenoxy) is 1. The lowest BCUT2D eigenvalue weighted by atomic mass is 10.3. The van der Waals surface area contributed by atoms with Crippen LogP contribution in [0, 0.1) is 0 Å². The van der Waals surface area contributed by atoms with E-state index in [0.717, 1.165) is 38.5 Å². The van der Waals surface area contributed by atoms with E-state index in [1.165, 1.54) is 0 Å². The molecule has 0 bridgehead atoms. The van der Waals surface area contributed by atoms with Crippen molar-refractivity contribution >= 4 is 5.95 Å². The molecule has 1 aromatic heterocycles. The summed E-state index contributed by atoms with van der Waals surface area (Å²) < 4.78 is 7.31. The fourth-order valence-electron chi connectivity index (χ4n) is 2.17. The van der Waals surface area contributed by atoms with Gasteiger partial charge in [-0.05, 0) is 33.0 Å². The van der Waals surface area contributed by atoms with E-state index >= 15 is 0 Å². The molecule has 0 fully saturated rings. The summed E-state index contributed by atoms with van der Waals surface area (Å²) in [6, 6.07) is 0.304. The molecule has 1 heterocycles. The molecule has 1 N–H and O–H groups in total. The van der Waals surface area contributed by atoms with Gasteiger partial charge in [0.05, 0.1) is 12.6 Å². The standard InChI is InChI=1S/C14H28N4O/c1-5-17(6-2)10-7-8-15-14-16-9-11-18(14)13(3)12-19-4/h9,11,13H,5-8,10,12H2,1-4H3,(H,15,16). The Labute approximate surface area is 117 Å². The summed E-state index contributed by atoms with van der Waals surface area (Å²) in [4.78, 5) is 6.79. The first-order valence-corrected chi connectivity index (χ1v) is 7.20. The third kappa shape index (κ3) is 5.20. The number of imidazole rings is 1. The van der Waals surface area contributed by atoms with Crippen molar-refractivity contribution < 1.29 is 4.74 Å². The predicted octanol–water partition coefficient (Wildman–Crippen LogP) is 2.23. The molecule has 110 valence electrons. The van der Waals surface area contributed by atoms with Crippen LogP contribution in [0.2, 0.25) is 0 Å². The summed E-state index contributed by atoms with van der Waals surface area (Å²) in [5.74, 6) is 0.934. The normalized spacial score (nSPS) is 12.9. The van der Waals surface area contributed by atoms with Gasteiger partial charge in [0, 0.05) is 26.0 Å². The molecule has 0 aliphatic rings. The Hall–Kier alpha value is -1.07. The summed E-state index contributed by atoms with van der Waals surface area (Å²) in [7, 11) is 1.73. The van der Waals surface area contributed by atoms with Gasteiger partial charge in [-0.15, -0.1) is 0 Å². The minimum absolute atomic E-state index is 0.304. The molecule has 5 nitrogen and oxygen atoms in total. The van der Waals surface area contributed by atoms with Crippen LogP contribution < -0.4 is 5.32 Å². The summed E-state index contributed by atoms with van der Waals surface area (Å²) in [5, 5.41) is 3.41. The van der Waals surface area contributed by atoms with Crippen LogP contribution in [0.1, 0.15) is 33.2 Å². The number of nitrogens with zero attached hydrogens (tertiary/aromatic N) is 3. The first-order valence-electron chi connectivity index (χ1n) is 7.20. The maximum absolute atomic E-state index is 5.19. The zero-order valence-electron chi connectivity index (χ0n) is 12.7. The molecule has 1 aromatic rings. The molecule has 0 spiro atoms. The van der Waals surface area contributed by atoms with Crippen molar-refractivity contribution in [1.29, 1.82) is 0 Å². The first kappa shape index (κ1) is 16.0. The van der Waals surface area contributed by atoms with Crippen LogP contribution in [0.4, 0.5) is 5.95 Å². The SMILES string of the molecule is CCN(CC)CCCNc1nccn1C(C)COC. The van der Waals surface area contributed by atoms with Gasteiger partial charge in [-0.2, -0.15) is 0 Å². The minimum Gasteiger partial charge on any atom is -0.383 e. The van der Waals surface area contributed by atoms with Gasteiger partial charge in [-0.1, -0.05) is 13.8 Å². The van der Waals surface area contributed by atoms with Gasteiger partial charge < -0.3 is 19.5 Å². The number of anilines is 1. The Morgan fingerprint density at radius 2 is 2.16 bits per heavy atom. The molecular formula is C14H28N4O. The van der Waals surface area contributed by atoms with E-state index in [-0.39, 0.29) is 0 Å². The zero-order valence-corrected chi connectivity index (χ0v) is 12.7. The van der Waals surface area contributed by atoms with Gasteiger partial charge in [-0.25, -0.2) is 4.98 Å². The molecule has 0 radical (unpaired) electrons. The largest absolute Gasteiger partial charge is 0.383 e. The van der Waals surface area contributed by atoms with Crippen molar-refractivity contribution in [3.05, 3.63) is 12.4 Å². The predicted molar refractivity (Wildman–Crippen MR) is 79.7 cm³/mol. The van der Waals surface area contributed by atoms with E-state index in [9.17, 15) is 0 Å². The van der Waals surface area contributed by atoms with Gasteiger partial charge in [0.1, 0.15) is 0 Å². The average molecular weight is 268 g/mol. The fraction of sp³-hybridized carbons (Fsp3) is 0.786. The van der Waals surface area contributed by atoms with Crippen molar-refractivity contribution in [2.45, 2.75) is 33.2 Å². The van der Waals surface area contributed by atoms with Crippen molar-refractivity contribution in [1.82, 2.24) is 14.5 Å². The number of nitrogens with one attached hydrogen (secondary N) is 1. The Kier molecular flexibility index (Phi) is 7.52.